The van der Waals surface area contributed by atoms with Crippen molar-refractivity contribution in [2.45, 2.75) is 82.9 Å². The van der Waals surface area contributed by atoms with Crippen LogP contribution in [0.4, 0.5) is 11.6 Å². The van der Waals surface area contributed by atoms with Crippen LogP contribution in [-0.2, 0) is 0 Å². The Morgan fingerprint density at radius 3 is 2.61 bits per heavy atom. The van der Waals surface area contributed by atoms with Crippen molar-refractivity contribution in [1.29, 1.82) is 0 Å². The summed E-state index contributed by atoms with van der Waals surface area (Å²) in [6.45, 7) is 4.68. The van der Waals surface area contributed by atoms with Gasteiger partial charge in [-0.15, -0.1) is 0 Å². The van der Waals surface area contributed by atoms with Gasteiger partial charge in [0.1, 0.15) is 11.6 Å². The van der Waals surface area contributed by atoms with Gasteiger partial charge >= 0.3 is 0 Å². The molecule has 0 bridgehead atoms. The molecule has 8 heteroatoms. The van der Waals surface area contributed by atoms with E-state index < -0.39 is 5.60 Å². The molecule has 3 aliphatic rings. The molecule has 6 rings (SSSR count). The second-order valence-electron chi connectivity index (χ2n) is 11.4. The van der Waals surface area contributed by atoms with E-state index >= 15 is 0 Å². The van der Waals surface area contributed by atoms with E-state index in [1.54, 1.807) is 0 Å². The van der Waals surface area contributed by atoms with Crippen molar-refractivity contribution in [3.05, 3.63) is 41.6 Å². The number of carbonyl (C=O) groups is 1. The van der Waals surface area contributed by atoms with E-state index in [4.69, 9.17) is 4.98 Å². The van der Waals surface area contributed by atoms with Crippen molar-refractivity contribution in [2.24, 2.45) is 5.92 Å². The Morgan fingerprint density at radius 1 is 1.14 bits per heavy atom. The Bertz CT molecular complexity index is 1280. The predicted molar refractivity (Wildman–Crippen MR) is 141 cm³/mol. The van der Waals surface area contributed by atoms with Crippen LogP contribution in [0.5, 0.6) is 0 Å². The number of carbonyl (C=O) groups excluding carboxylic acids is 1. The third-order valence-corrected chi connectivity index (χ3v) is 7.90. The number of fused-ring (bicyclic) bond motifs is 1. The molecule has 2 heterocycles. The topological polar surface area (TPSA) is 104 Å². The van der Waals surface area contributed by atoms with Crippen molar-refractivity contribution < 1.29 is 9.90 Å². The van der Waals surface area contributed by atoms with Gasteiger partial charge in [0.05, 0.1) is 11.8 Å². The first kappa shape index (κ1) is 23.3. The molecule has 3 aliphatic carbocycles. The van der Waals surface area contributed by atoms with Crippen LogP contribution in [0, 0.1) is 12.8 Å². The number of benzene rings is 1. The Hall–Kier alpha value is -3.13. The van der Waals surface area contributed by atoms with E-state index in [0.717, 1.165) is 71.8 Å². The smallest absolute Gasteiger partial charge is 0.251 e. The summed E-state index contributed by atoms with van der Waals surface area (Å²) in [5.41, 5.74) is 3.86. The van der Waals surface area contributed by atoms with E-state index in [2.05, 4.69) is 33.2 Å². The van der Waals surface area contributed by atoms with E-state index in [1.165, 1.54) is 25.7 Å². The lowest BCUT2D eigenvalue weighted by molar-refractivity contribution is -0.0524. The molecule has 36 heavy (non-hydrogen) atoms. The number of aryl methyl sites for hydroxylation is 1. The largest absolute Gasteiger partial charge is 0.390 e. The third kappa shape index (κ3) is 4.78. The Morgan fingerprint density at radius 2 is 1.92 bits per heavy atom. The molecule has 1 amide bonds. The van der Waals surface area contributed by atoms with E-state index in [-0.39, 0.29) is 5.91 Å². The number of rotatable bonds is 8. The van der Waals surface area contributed by atoms with E-state index in [1.807, 2.05) is 36.7 Å². The summed E-state index contributed by atoms with van der Waals surface area (Å²) in [7, 11) is 0. The van der Waals surface area contributed by atoms with Crippen LogP contribution in [0.3, 0.4) is 0 Å². The van der Waals surface area contributed by atoms with Crippen LogP contribution < -0.4 is 16.0 Å². The zero-order chi connectivity index (χ0) is 24.9. The molecule has 3 fully saturated rings. The summed E-state index contributed by atoms with van der Waals surface area (Å²) in [6.07, 6.45) is 10.5. The average molecular weight is 489 g/mol. The number of nitrogens with one attached hydrogen (secondary N) is 3. The predicted octanol–water partition coefficient (Wildman–Crippen LogP) is 4.52. The van der Waals surface area contributed by atoms with Crippen LogP contribution in [0.15, 0.2) is 30.5 Å². The zero-order valence-electron chi connectivity index (χ0n) is 21.2. The van der Waals surface area contributed by atoms with Gasteiger partial charge in [-0.2, -0.15) is 9.61 Å². The molecular weight excluding hydrogens is 452 g/mol. The molecule has 0 atom stereocenters. The molecule has 190 valence electrons. The van der Waals surface area contributed by atoms with Crippen LogP contribution in [0.25, 0.3) is 16.8 Å². The summed E-state index contributed by atoms with van der Waals surface area (Å²) < 4.78 is 1.87. The number of aliphatic hydroxyl groups is 1. The van der Waals surface area contributed by atoms with Crippen molar-refractivity contribution in [2.75, 3.05) is 17.2 Å². The first-order valence-corrected chi connectivity index (χ1v) is 13.4. The van der Waals surface area contributed by atoms with Gasteiger partial charge in [-0.3, -0.25) is 4.79 Å². The van der Waals surface area contributed by atoms with E-state index in [0.29, 0.717) is 18.0 Å². The minimum absolute atomic E-state index is 0.00375. The van der Waals surface area contributed by atoms with Crippen molar-refractivity contribution in [3.63, 3.8) is 0 Å². The fourth-order valence-corrected chi connectivity index (χ4v) is 5.80. The van der Waals surface area contributed by atoms with Gasteiger partial charge in [0.2, 0.25) is 0 Å². The minimum atomic E-state index is -0.534. The van der Waals surface area contributed by atoms with Gasteiger partial charge in [-0.05, 0) is 75.5 Å². The number of hydrogen-bond donors (Lipinski definition) is 4. The van der Waals surface area contributed by atoms with Gasteiger partial charge in [0, 0.05) is 35.8 Å². The second-order valence-corrected chi connectivity index (χ2v) is 11.4. The lowest BCUT2D eigenvalue weighted by atomic mass is 9.72. The lowest BCUT2D eigenvalue weighted by Gasteiger charge is -2.41. The van der Waals surface area contributed by atoms with Crippen molar-refractivity contribution in [3.8, 4) is 11.1 Å². The molecule has 0 spiro atoms. The highest BCUT2D eigenvalue weighted by Crippen LogP contribution is 2.37. The number of nitrogens with zero attached hydrogens (tertiary/aromatic N) is 3. The molecule has 1 aromatic carbocycles. The molecule has 8 nitrogen and oxygen atoms in total. The van der Waals surface area contributed by atoms with Crippen LogP contribution >= 0.6 is 0 Å². The number of anilines is 2. The van der Waals surface area contributed by atoms with Gasteiger partial charge < -0.3 is 21.1 Å². The quantitative estimate of drug-likeness (QED) is 0.372. The summed E-state index contributed by atoms with van der Waals surface area (Å²) >= 11 is 0. The highest BCUT2D eigenvalue weighted by Gasteiger charge is 2.38. The van der Waals surface area contributed by atoms with Crippen LogP contribution in [0.2, 0.25) is 0 Å². The second kappa shape index (κ2) is 9.07. The number of hydrogen-bond acceptors (Lipinski definition) is 6. The maximum Gasteiger partial charge on any atom is 0.251 e. The summed E-state index contributed by atoms with van der Waals surface area (Å²) in [4.78, 5) is 17.6. The van der Waals surface area contributed by atoms with Gasteiger partial charge in [0.25, 0.3) is 5.91 Å². The SMILES string of the molecule is Cc1cc(-c2cnn3c(NCC4CC(C)(O)C4)cc(NC4CCCC4)nc23)ccc1C(=O)NC1CC1. The Balaban J connectivity index is 1.31. The summed E-state index contributed by atoms with van der Waals surface area (Å²) in [5, 5.41) is 25.1. The number of aromatic nitrogens is 3. The maximum absolute atomic E-state index is 12.6. The fraction of sp³-hybridized carbons (Fsp3) is 0.536. The monoisotopic (exact) mass is 488 g/mol. The van der Waals surface area contributed by atoms with Crippen LogP contribution in [0.1, 0.15) is 74.2 Å². The zero-order valence-corrected chi connectivity index (χ0v) is 21.2. The molecule has 0 unspecified atom stereocenters. The normalized spacial score (nSPS) is 24.0. The van der Waals surface area contributed by atoms with Crippen molar-refractivity contribution >= 4 is 23.2 Å². The Labute approximate surface area is 211 Å². The van der Waals surface area contributed by atoms with Crippen LogP contribution in [-0.4, -0.2) is 49.8 Å². The molecule has 0 aliphatic heterocycles. The lowest BCUT2D eigenvalue weighted by Crippen LogP contribution is -2.43. The fourth-order valence-electron chi connectivity index (χ4n) is 5.80. The first-order chi connectivity index (χ1) is 17.3. The molecule has 0 radical (unpaired) electrons. The third-order valence-electron chi connectivity index (χ3n) is 7.90. The average Bonchev–Trinajstić information content (AvgIpc) is 3.30. The molecule has 0 saturated heterocycles. The van der Waals surface area contributed by atoms with Gasteiger partial charge in [0.15, 0.2) is 5.65 Å². The first-order valence-electron chi connectivity index (χ1n) is 13.4. The summed E-state index contributed by atoms with van der Waals surface area (Å²) in [5.74, 6) is 2.21. The standard InChI is InChI=1S/C28H36N6O2/c1-17-11-19(7-10-22(17)27(35)32-21-8-9-21)23-16-30-34-25(29-15-18-13-28(2,36)14-18)12-24(33-26(23)34)31-20-5-3-4-6-20/h7,10-12,16,18,20-21,29,36H,3-6,8-9,13-15H2,1-2H3,(H,31,33)(H,32,35). The van der Waals surface area contributed by atoms with Crippen molar-refractivity contribution in [1.82, 2.24) is 19.9 Å². The number of amides is 1. The molecule has 3 aromatic rings. The minimum Gasteiger partial charge on any atom is -0.390 e. The Kier molecular flexibility index (Phi) is 5.86. The molecule has 4 N–H and O–H groups in total. The maximum atomic E-state index is 12.6. The summed E-state index contributed by atoms with van der Waals surface area (Å²) in [6, 6.07) is 8.80. The van der Waals surface area contributed by atoms with E-state index in [9.17, 15) is 9.90 Å². The highest BCUT2D eigenvalue weighted by atomic mass is 16.3. The van der Waals surface area contributed by atoms with Gasteiger partial charge in [-0.1, -0.05) is 25.0 Å². The molecule has 2 aromatic heterocycles. The molecular formula is C28H36N6O2. The molecule has 3 saturated carbocycles. The highest BCUT2D eigenvalue weighted by molar-refractivity contribution is 5.97. The van der Waals surface area contributed by atoms with Gasteiger partial charge in [-0.25, -0.2) is 4.98 Å².